The van der Waals surface area contributed by atoms with Crippen molar-refractivity contribution >= 4 is 7.60 Å². The number of hydrogen-bond acceptors (Lipinski definition) is 3. The smallest absolute Gasteiger partial charge is 0.348 e. The molecule has 0 aromatic heterocycles. The van der Waals surface area contributed by atoms with E-state index < -0.39 is 7.60 Å². The molecule has 0 heterocycles. The number of rotatable bonds is 6. The second kappa shape index (κ2) is 6.32. The van der Waals surface area contributed by atoms with Gasteiger partial charge in [-0.2, -0.15) is 0 Å². The molecule has 0 aromatic rings. The molecule has 14 heavy (non-hydrogen) atoms. The minimum absolute atomic E-state index is 0.0489. The minimum Gasteiger partial charge on any atom is -0.356 e. The van der Waals surface area contributed by atoms with Crippen LogP contribution in [-0.2, 0) is 14.0 Å². The Kier molecular flexibility index (Phi) is 6.24. The molecular weight excluding hydrogens is 207 g/mol. The van der Waals surface area contributed by atoms with E-state index in [0.29, 0.717) is 6.42 Å². The first-order valence-electron chi connectivity index (χ1n) is 4.19. The van der Waals surface area contributed by atoms with Crippen LogP contribution in [0.15, 0.2) is 11.9 Å². The first-order valence-corrected chi connectivity index (χ1v) is 5.87. The SMILES string of the molecule is COC(OC)C(C)CC=CP(=O)(O)O. The molecule has 84 valence electrons. The maximum absolute atomic E-state index is 10.5. The van der Waals surface area contributed by atoms with Gasteiger partial charge in [-0.15, -0.1) is 0 Å². The van der Waals surface area contributed by atoms with Crippen molar-refractivity contribution in [1.82, 2.24) is 0 Å². The molecule has 0 aliphatic carbocycles. The van der Waals surface area contributed by atoms with Crippen LogP contribution in [0.2, 0.25) is 0 Å². The maximum atomic E-state index is 10.5. The molecule has 0 amide bonds. The van der Waals surface area contributed by atoms with E-state index in [1.165, 1.54) is 20.3 Å². The fraction of sp³-hybridized carbons (Fsp3) is 0.750. The van der Waals surface area contributed by atoms with Crippen LogP contribution in [-0.4, -0.2) is 30.3 Å². The Labute approximate surface area is 83.9 Å². The molecule has 0 rings (SSSR count). The third kappa shape index (κ3) is 6.29. The summed E-state index contributed by atoms with van der Waals surface area (Å²) in [5, 5.41) is 0. The van der Waals surface area contributed by atoms with Crippen molar-refractivity contribution < 1.29 is 23.8 Å². The van der Waals surface area contributed by atoms with Crippen molar-refractivity contribution in [2.75, 3.05) is 14.2 Å². The zero-order valence-electron chi connectivity index (χ0n) is 8.58. The Morgan fingerprint density at radius 1 is 1.36 bits per heavy atom. The predicted molar refractivity (Wildman–Crippen MR) is 52.8 cm³/mol. The first-order chi connectivity index (χ1) is 6.40. The van der Waals surface area contributed by atoms with E-state index >= 15 is 0 Å². The highest BCUT2D eigenvalue weighted by molar-refractivity contribution is 7.55. The van der Waals surface area contributed by atoms with Crippen molar-refractivity contribution in [2.24, 2.45) is 5.92 Å². The predicted octanol–water partition coefficient (Wildman–Crippen LogP) is 1.32. The average molecular weight is 224 g/mol. The van der Waals surface area contributed by atoms with Gasteiger partial charge in [-0.25, -0.2) is 0 Å². The molecule has 0 saturated heterocycles. The lowest BCUT2D eigenvalue weighted by atomic mass is 10.1. The largest absolute Gasteiger partial charge is 0.356 e. The molecule has 5 nitrogen and oxygen atoms in total. The lowest BCUT2D eigenvalue weighted by molar-refractivity contribution is -0.132. The molecule has 0 bridgehead atoms. The van der Waals surface area contributed by atoms with Gasteiger partial charge in [0.05, 0.1) is 0 Å². The van der Waals surface area contributed by atoms with Gasteiger partial charge in [0.25, 0.3) is 0 Å². The van der Waals surface area contributed by atoms with Gasteiger partial charge < -0.3 is 19.3 Å². The van der Waals surface area contributed by atoms with E-state index in [4.69, 9.17) is 19.3 Å². The van der Waals surface area contributed by atoms with Gasteiger partial charge in [-0.3, -0.25) is 4.57 Å². The van der Waals surface area contributed by atoms with Crippen LogP contribution in [0.1, 0.15) is 13.3 Å². The van der Waals surface area contributed by atoms with Gasteiger partial charge in [0.1, 0.15) is 0 Å². The first kappa shape index (κ1) is 13.8. The molecule has 0 spiro atoms. The Morgan fingerprint density at radius 2 is 1.86 bits per heavy atom. The number of ether oxygens (including phenoxy) is 2. The molecule has 0 aromatic carbocycles. The summed E-state index contributed by atoms with van der Waals surface area (Å²) in [6.45, 7) is 1.88. The molecule has 2 N–H and O–H groups in total. The third-order valence-corrected chi connectivity index (χ3v) is 2.34. The summed E-state index contributed by atoms with van der Waals surface area (Å²) in [7, 11) is -0.981. The zero-order valence-corrected chi connectivity index (χ0v) is 9.48. The lowest BCUT2D eigenvalue weighted by Gasteiger charge is -2.19. The van der Waals surface area contributed by atoms with E-state index in [-0.39, 0.29) is 12.2 Å². The number of methoxy groups -OCH3 is 2. The standard InChI is InChI=1S/C8H17O5P/c1-7(8(12-2)13-3)5-4-6-14(9,10)11/h4,6-8H,5H2,1-3H3,(H2,9,10,11). The van der Waals surface area contributed by atoms with Crippen LogP contribution >= 0.6 is 7.60 Å². The quantitative estimate of drug-likeness (QED) is 0.525. The zero-order chi connectivity index (χ0) is 11.2. The summed E-state index contributed by atoms with van der Waals surface area (Å²) in [6.07, 6.45) is 1.59. The molecule has 6 heteroatoms. The summed E-state index contributed by atoms with van der Waals surface area (Å²) in [5.41, 5.74) is 0. The van der Waals surface area contributed by atoms with Crippen molar-refractivity contribution in [3.63, 3.8) is 0 Å². The highest BCUT2D eigenvalue weighted by atomic mass is 31.2. The van der Waals surface area contributed by atoms with Gasteiger partial charge in [-0.05, 0) is 6.42 Å². The van der Waals surface area contributed by atoms with Gasteiger partial charge in [0.2, 0.25) is 0 Å². The summed E-state index contributed by atoms with van der Waals surface area (Å²) in [4.78, 5) is 17.1. The van der Waals surface area contributed by atoms with Crippen LogP contribution in [0.5, 0.6) is 0 Å². The third-order valence-electron chi connectivity index (χ3n) is 1.74. The molecule has 1 atom stereocenters. The van der Waals surface area contributed by atoms with E-state index in [2.05, 4.69) is 0 Å². The highest BCUT2D eigenvalue weighted by Crippen LogP contribution is 2.36. The summed E-state index contributed by atoms with van der Waals surface area (Å²) in [5.74, 6) is 0.944. The van der Waals surface area contributed by atoms with E-state index in [0.717, 1.165) is 5.82 Å². The van der Waals surface area contributed by atoms with E-state index in [1.54, 1.807) is 0 Å². The summed E-state index contributed by atoms with van der Waals surface area (Å²) < 4.78 is 20.5. The Morgan fingerprint density at radius 3 is 2.21 bits per heavy atom. The van der Waals surface area contributed by atoms with Crippen molar-refractivity contribution in [3.8, 4) is 0 Å². The topological polar surface area (TPSA) is 76.0 Å². The van der Waals surface area contributed by atoms with Crippen LogP contribution in [0.3, 0.4) is 0 Å². The Balaban J connectivity index is 4.01. The minimum atomic E-state index is -4.03. The lowest BCUT2D eigenvalue weighted by Crippen LogP contribution is -2.21. The summed E-state index contributed by atoms with van der Waals surface area (Å²) >= 11 is 0. The molecule has 1 unspecified atom stereocenters. The van der Waals surface area contributed by atoms with Gasteiger partial charge in [0.15, 0.2) is 6.29 Å². The summed E-state index contributed by atoms with van der Waals surface area (Å²) in [6, 6.07) is 0. The van der Waals surface area contributed by atoms with E-state index in [1.807, 2.05) is 6.92 Å². The van der Waals surface area contributed by atoms with Gasteiger partial charge in [0, 0.05) is 26.0 Å². The van der Waals surface area contributed by atoms with Crippen molar-refractivity contribution in [1.29, 1.82) is 0 Å². The Bertz CT molecular complexity index is 218. The monoisotopic (exact) mass is 224 g/mol. The van der Waals surface area contributed by atoms with Crippen molar-refractivity contribution in [3.05, 3.63) is 11.9 Å². The number of allylic oxidation sites excluding steroid dienone is 1. The van der Waals surface area contributed by atoms with E-state index in [9.17, 15) is 4.57 Å². The van der Waals surface area contributed by atoms with Crippen molar-refractivity contribution in [2.45, 2.75) is 19.6 Å². The highest BCUT2D eigenvalue weighted by Gasteiger charge is 2.14. The fourth-order valence-electron chi connectivity index (χ4n) is 1.08. The second-order valence-electron chi connectivity index (χ2n) is 3.03. The number of hydrogen-bond donors (Lipinski definition) is 2. The van der Waals surface area contributed by atoms with Gasteiger partial charge in [-0.1, -0.05) is 13.0 Å². The van der Waals surface area contributed by atoms with Gasteiger partial charge >= 0.3 is 7.60 Å². The second-order valence-corrected chi connectivity index (χ2v) is 4.50. The van der Waals surface area contributed by atoms with Crippen LogP contribution < -0.4 is 0 Å². The molecule has 0 saturated carbocycles. The fourth-order valence-corrected chi connectivity index (χ4v) is 1.48. The molecule has 0 radical (unpaired) electrons. The normalized spacial score (nSPS) is 15.3. The Hall–Kier alpha value is -0.190. The van der Waals surface area contributed by atoms with Crippen LogP contribution in [0.4, 0.5) is 0 Å². The van der Waals surface area contributed by atoms with Crippen LogP contribution in [0.25, 0.3) is 0 Å². The maximum Gasteiger partial charge on any atom is 0.348 e. The average Bonchev–Trinajstić information content (AvgIpc) is 2.04. The molecular formula is C8H17O5P. The molecule has 0 aliphatic heterocycles. The van der Waals surface area contributed by atoms with Crippen LogP contribution in [0, 0.1) is 5.92 Å². The molecule has 0 fully saturated rings. The molecule has 0 aliphatic rings.